The minimum atomic E-state index is -4.52. The highest BCUT2D eigenvalue weighted by Crippen LogP contribution is 2.38. The fourth-order valence-corrected chi connectivity index (χ4v) is 2.78. The van der Waals surface area contributed by atoms with E-state index in [1.165, 1.54) is 18.2 Å². The van der Waals surface area contributed by atoms with Crippen molar-refractivity contribution in [2.75, 3.05) is 0 Å². The molecule has 2 rings (SSSR count). The quantitative estimate of drug-likeness (QED) is 0.466. The Hall–Kier alpha value is -2.12. The van der Waals surface area contributed by atoms with Crippen molar-refractivity contribution >= 4 is 29.2 Å². The first-order valence-electron chi connectivity index (χ1n) is 8.71. The van der Waals surface area contributed by atoms with Gasteiger partial charge in [0.15, 0.2) is 6.10 Å². The van der Waals surface area contributed by atoms with Crippen molar-refractivity contribution in [1.29, 1.82) is 0 Å². The van der Waals surface area contributed by atoms with Crippen LogP contribution in [0.25, 0.3) is 0 Å². The molecule has 9 heteroatoms. The SMILES string of the molecule is CC(C)CCC(Oc1cc(Oc2ccc(C(F)(F)F)cc2Cl)ccc1Cl)C(=O)O. The van der Waals surface area contributed by atoms with Gasteiger partial charge in [0.25, 0.3) is 0 Å². The monoisotopic (exact) mass is 450 g/mol. The van der Waals surface area contributed by atoms with Crippen LogP contribution >= 0.6 is 23.2 Å². The van der Waals surface area contributed by atoms with Crippen LogP contribution in [0.1, 0.15) is 32.3 Å². The van der Waals surface area contributed by atoms with E-state index in [1.54, 1.807) is 0 Å². The number of hydrogen-bond donors (Lipinski definition) is 1. The Morgan fingerprint density at radius 1 is 1.03 bits per heavy atom. The Morgan fingerprint density at radius 2 is 1.72 bits per heavy atom. The van der Waals surface area contributed by atoms with E-state index >= 15 is 0 Å². The molecule has 0 aromatic heterocycles. The molecule has 0 radical (unpaired) electrons. The Bertz CT molecular complexity index is 869. The van der Waals surface area contributed by atoms with Gasteiger partial charge < -0.3 is 14.6 Å². The topological polar surface area (TPSA) is 55.8 Å². The smallest absolute Gasteiger partial charge is 0.416 e. The molecular formula is C20H19Cl2F3O4. The number of rotatable bonds is 8. The zero-order chi connectivity index (χ0) is 21.8. The van der Waals surface area contributed by atoms with Gasteiger partial charge in [0, 0.05) is 6.07 Å². The summed E-state index contributed by atoms with van der Waals surface area (Å²) in [6.07, 6.45) is -4.68. The van der Waals surface area contributed by atoms with Crippen LogP contribution in [0.2, 0.25) is 10.0 Å². The predicted octanol–water partition coefficient (Wildman–Crippen LogP) is 7.07. The maximum absolute atomic E-state index is 12.7. The third kappa shape index (κ3) is 6.72. The third-order valence-electron chi connectivity index (χ3n) is 3.94. The molecule has 0 aliphatic rings. The van der Waals surface area contributed by atoms with Crippen molar-refractivity contribution in [3.8, 4) is 17.2 Å². The number of carbonyl (C=O) groups is 1. The van der Waals surface area contributed by atoms with Gasteiger partial charge in [-0.1, -0.05) is 37.0 Å². The van der Waals surface area contributed by atoms with Crippen molar-refractivity contribution in [3.63, 3.8) is 0 Å². The molecule has 158 valence electrons. The predicted molar refractivity (Wildman–Crippen MR) is 104 cm³/mol. The number of alkyl halides is 3. The van der Waals surface area contributed by atoms with Gasteiger partial charge in [0.2, 0.25) is 0 Å². The molecular weight excluding hydrogens is 432 g/mol. The molecule has 4 nitrogen and oxygen atoms in total. The maximum atomic E-state index is 12.7. The van der Waals surface area contributed by atoms with Crippen molar-refractivity contribution in [2.24, 2.45) is 5.92 Å². The lowest BCUT2D eigenvalue weighted by Gasteiger charge is -2.18. The molecule has 1 atom stereocenters. The molecule has 0 saturated carbocycles. The van der Waals surface area contributed by atoms with Crippen molar-refractivity contribution in [3.05, 3.63) is 52.0 Å². The van der Waals surface area contributed by atoms with Gasteiger partial charge in [-0.25, -0.2) is 4.79 Å². The first-order valence-corrected chi connectivity index (χ1v) is 9.46. The summed E-state index contributed by atoms with van der Waals surface area (Å²) in [4.78, 5) is 11.5. The lowest BCUT2D eigenvalue weighted by molar-refractivity contribution is -0.145. The number of carboxylic acid groups (broad SMARTS) is 1. The number of aliphatic carboxylic acids is 1. The van der Waals surface area contributed by atoms with Crippen LogP contribution in [0.15, 0.2) is 36.4 Å². The summed E-state index contributed by atoms with van der Waals surface area (Å²) in [6, 6.07) is 6.97. The van der Waals surface area contributed by atoms with E-state index in [2.05, 4.69) is 0 Å². The molecule has 0 bridgehead atoms. The Balaban J connectivity index is 2.21. The van der Waals surface area contributed by atoms with Gasteiger partial charge in [-0.05, 0) is 49.1 Å². The van der Waals surface area contributed by atoms with E-state index in [4.69, 9.17) is 32.7 Å². The van der Waals surface area contributed by atoms with Gasteiger partial charge in [-0.15, -0.1) is 0 Å². The van der Waals surface area contributed by atoms with Crippen LogP contribution in [-0.4, -0.2) is 17.2 Å². The maximum Gasteiger partial charge on any atom is 0.416 e. The van der Waals surface area contributed by atoms with Gasteiger partial charge in [-0.2, -0.15) is 13.2 Å². The molecule has 0 heterocycles. The summed E-state index contributed by atoms with van der Waals surface area (Å²) < 4.78 is 49.3. The van der Waals surface area contributed by atoms with Crippen LogP contribution in [-0.2, 0) is 11.0 Å². The summed E-state index contributed by atoms with van der Waals surface area (Å²) in [5, 5.41) is 9.31. The number of carboxylic acids is 1. The second kappa shape index (κ2) is 9.59. The second-order valence-corrected chi connectivity index (χ2v) is 7.57. The average molecular weight is 451 g/mol. The molecule has 2 aromatic rings. The molecule has 1 N–H and O–H groups in total. The molecule has 0 saturated heterocycles. The molecule has 2 aromatic carbocycles. The van der Waals surface area contributed by atoms with Crippen LogP contribution in [0.5, 0.6) is 17.2 Å². The molecule has 29 heavy (non-hydrogen) atoms. The lowest BCUT2D eigenvalue weighted by atomic mass is 10.1. The highest BCUT2D eigenvalue weighted by atomic mass is 35.5. The van der Waals surface area contributed by atoms with E-state index in [0.717, 1.165) is 18.2 Å². The van der Waals surface area contributed by atoms with Crippen molar-refractivity contribution in [1.82, 2.24) is 0 Å². The van der Waals surface area contributed by atoms with E-state index < -0.39 is 23.8 Å². The zero-order valence-electron chi connectivity index (χ0n) is 15.6. The normalized spacial score (nSPS) is 12.7. The fraction of sp³-hybridized carbons (Fsp3) is 0.350. The first-order chi connectivity index (χ1) is 13.5. The molecule has 0 fully saturated rings. The molecule has 1 unspecified atom stereocenters. The van der Waals surface area contributed by atoms with Crippen LogP contribution < -0.4 is 9.47 Å². The summed E-state index contributed by atoms with van der Waals surface area (Å²) in [5.41, 5.74) is -0.899. The highest BCUT2D eigenvalue weighted by molar-refractivity contribution is 6.32. The third-order valence-corrected chi connectivity index (χ3v) is 4.55. The molecule has 0 amide bonds. The highest BCUT2D eigenvalue weighted by Gasteiger charge is 2.31. The minimum absolute atomic E-state index is 0.00234. The number of ether oxygens (including phenoxy) is 2. The van der Waals surface area contributed by atoms with E-state index in [1.807, 2.05) is 13.8 Å². The van der Waals surface area contributed by atoms with Gasteiger partial charge in [-0.3, -0.25) is 0 Å². The largest absolute Gasteiger partial charge is 0.479 e. The number of halogens is 5. The lowest BCUT2D eigenvalue weighted by Crippen LogP contribution is -2.27. The van der Waals surface area contributed by atoms with Crippen LogP contribution in [0, 0.1) is 5.92 Å². The summed E-state index contributed by atoms with van der Waals surface area (Å²) in [6.45, 7) is 3.93. The summed E-state index contributed by atoms with van der Waals surface area (Å²) in [5.74, 6) is -0.559. The molecule has 0 aliphatic carbocycles. The van der Waals surface area contributed by atoms with Gasteiger partial charge >= 0.3 is 12.1 Å². The Morgan fingerprint density at radius 3 is 2.28 bits per heavy atom. The van der Waals surface area contributed by atoms with E-state index in [0.29, 0.717) is 18.8 Å². The summed E-state index contributed by atoms with van der Waals surface area (Å²) in [7, 11) is 0. The molecule has 0 aliphatic heterocycles. The van der Waals surface area contributed by atoms with Crippen molar-refractivity contribution in [2.45, 2.75) is 39.0 Å². The standard InChI is InChI=1S/C20H19Cl2F3O4/c1-11(2)3-7-17(19(26)27)29-18-10-13(5-6-14(18)21)28-16-8-4-12(9-15(16)22)20(23,24)25/h4-6,8-11,17H,3,7H2,1-2H3,(H,26,27). The number of benzene rings is 2. The van der Waals surface area contributed by atoms with Gasteiger partial charge in [0.1, 0.15) is 17.2 Å². The van der Waals surface area contributed by atoms with Crippen LogP contribution in [0.4, 0.5) is 13.2 Å². The first kappa shape index (κ1) is 23.2. The second-order valence-electron chi connectivity index (χ2n) is 6.75. The summed E-state index contributed by atoms with van der Waals surface area (Å²) >= 11 is 12.0. The van der Waals surface area contributed by atoms with E-state index in [-0.39, 0.29) is 27.3 Å². The zero-order valence-corrected chi connectivity index (χ0v) is 17.1. The Labute approximate surface area is 176 Å². The van der Waals surface area contributed by atoms with Crippen molar-refractivity contribution < 1.29 is 32.5 Å². The average Bonchev–Trinajstić information content (AvgIpc) is 2.61. The van der Waals surface area contributed by atoms with Crippen LogP contribution in [0.3, 0.4) is 0 Å². The van der Waals surface area contributed by atoms with Gasteiger partial charge in [0.05, 0.1) is 15.6 Å². The molecule has 0 spiro atoms. The number of hydrogen-bond acceptors (Lipinski definition) is 3. The Kier molecular flexibility index (Phi) is 7.66. The minimum Gasteiger partial charge on any atom is -0.479 e. The fourth-order valence-electron chi connectivity index (χ4n) is 2.40. The van der Waals surface area contributed by atoms with E-state index in [9.17, 15) is 23.1 Å².